The van der Waals surface area contributed by atoms with Crippen molar-refractivity contribution in [1.82, 2.24) is 10.2 Å². The van der Waals surface area contributed by atoms with Crippen molar-refractivity contribution in [3.05, 3.63) is 0 Å². The number of nitrogens with one attached hydrogen (secondary N) is 1. The molecule has 0 aromatic rings. The molecular formula is C10H18N2. The van der Waals surface area contributed by atoms with Gasteiger partial charge in [0.1, 0.15) is 0 Å². The van der Waals surface area contributed by atoms with Crippen LogP contribution in [0.4, 0.5) is 0 Å². The van der Waals surface area contributed by atoms with E-state index in [1.54, 1.807) is 0 Å². The molecule has 1 saturated carbocycles. The van der Waals surface area contributed by atoms with Gasteiger partial charge in [-0.15, -0.1) is 0 Å². The second-order valence-corrected chi connectivity index (χ2v) is 5.18. The molecule has 3 rings (SSSR count). The van der Waals surface area contributed by atoms with Crippen molar-refractivity contribution in [2.75, 3.05) is 19.6 Å². The van der Waals surface area contributed by atoms with E-state index in [1.165, 1.54) is 38.9 Å². The Balaban J connectivity index is 1.63. The lowest BCUT2D eigenvalue weighted by Crippen LogP contribution is -2.68. The fourth-order valence-electron chi connectivity index (χ4n) is 2.63. The third-order valence-electron chi connectivity index (χ3n) is 3.91. The Hall–Kier alpha value is -0.0800. The molecule has 0 amide bonds. The molecule has 0 spiro atoms. The first kappa shape index (κ1) is 7.34. The van der Waals surface area contributed by atoms with E-state index in [9.17, 15) is 0 Å². The summed E-state index contributed by atoms with van der Waals surface area (Å²) in [5, 5.41) is 3.48. The molecule has 2 bridgehead atoms. The Morgan fingerprint density at radius 3 is 2.50 bits per heavy atom. The summed E-state index contributed by atoms with van der Waals surface area (Å²) in [5.74, 6) is 0. The second kappa shape index (κ2) is 2.24. The zero-order valence-electron chi connectivity index (χ0n) is 7.84. The monoisotopic (exact) mass is 166 g/mol. The smallest absolute Gasteiger partial charge is 0.0239 e. The highest BCUT2D eigenvalue weighted by Gasteiger charge is 2.47. The average Bonchev–Trinajstić information content (AvgIpc) is 2.82. The number of hydrogen-bond acceptors (Lipinski definition) is 2. The summed E-state index contributed by atoms with van der Waals surface area (Å²) in [6, 6.07) is 1.78. The van der Waals surface area contributed by atoms with E-state index in [0.29, 0.717) is 5.41 Å². The Bertz CT molecular complexity index is 184. The summed E-state index contributed by atoms with van der Waals surface area (Å²) in [5.41, 5.74) is 0.717. The van der Waals surface area contributed by atoms with Gasteiger partial charge in [-0.1, -0.05) is 6.92 Å². The van der Waals surface area contributed by atoms with Crippen LogP contribution in [0.15, 0.2) is 0 Å². The standard InChI is InChI=1S/C10H18N2/c1-10(2-3-10)7-12-8-4-9(12)6-11-5-8/h8-9,11H,2-7H2,1H3. The third kappa shape index (κ3) is 1.01. The summed E-state index contributed by atoms with van der Waals surface area (Å²) < 4.78 is 0. The molecule has 1 N–H and O–H groups in total. The van der Waals surface area contributed by atoms with Crippen LogP contribution in [0.25, 0.3) is 0 Å². The Morgan fingerprint density at radius 1 is 1.33 bits per heavy atom. The van der Waals surface area contributed by atoms with Crippen LogP contribution >= 0.6 is 0 Å². The maximum atomic E-state index is 3.48. The minimum atomic E-state index is 0.717. The van der Waals surface area contributed by atoms with Gasteiger partial charge in [0.2, 0.25) is 0 Å². The lowest BCUT2D eigenvalue weighted by molar-refractivity contribution is -0.0266. The van der Waals surface area contributed by atoms with E-state index in [-0.39, 0.29) is 0 Å². The van der Waals surface area contributed by atoms with E-state index in [4.69, 9.17) is 0 Å². The van der Waals surface area contributed by atoms with Crippen LogP contribution in [0.2, 0.25) is 0 Å². The highest BCUT2D eigenvalue weighted by molar-refractivity contribution is 5.03. The first-order valence-corrected chi connectivity index (χ1v) is 5.23. The topological polar surface area (TPSA) is 15.3 Å². The van der Waals surface area contributed by atoms with Crippen LogP contribution in [-0.4, -0.2) is 36.6 Å². The third-order valence-corrected chi connectivity index (χ3v) is 3.91. The molecule has 3 fully saturated rings. The number of fused-ring (bicyclic) bond motifs is 2. The lowest BCUT2D eigenvalue weighted by atomic mass is 9.87. The molecule has 0 aromatic carbocycles. The molecule has 2 aliphatic heterocycles. The highest BCUT2D eigenvalue weighted by Crippen LogP contribution is 2.47. The van der Waals surface area contributed by atoms with Crippen molar-refractivity contribution < 1.29 is 0 Å². The minimum absolute atomic E-state index is 0.717. The molecule has 2 unspecified atom stereocenters. The van der Waals surface area contributed by atoms with Crippen molar-refractivity contribution in [2.24, 2.45) is 5.41 Å². The van der Waals surface area contributed by atoms with Crippen LogP contribution in [0.5, 0.6) is 0 Å². The fraction of sp³-hybridized carbons (Fsp3) is 1.00. The molecule has 3 aliphatic rings. The SMILES string of the molecule is CC1(CN2C3CNCC2C3)CC1. The zero-order chi connectivity index (χ0) is 8.18. The van der Waals surface area contributed by atoms with Crippen molar-refractivity contribution in [1.29, 1.82) is 0 Å². The van der Waals surface area contributed by atoms with Gasteiger partial charge in [-0.3, -0.25) is 4.90 Å². The van der Waals surface area contributed by atoms with Crippen molar-refractivity contribution in [2.45, 2.75) is 38.3 Å². The van der Waals surface area contributed by atoms with Crippen LogP contribution in [0.1, 0.15) is 26.2 Å². The summed E-state index contributed by atoms with van der Waals surface area (Å²) in [4.78, 5) is 2.74. The molecule has 2 saturated heterocycles. The quantitative estimate of drug-likeness (QED) is 0.654. The van der Waals surface area contributed by atoms with Crippen molar-refractivity contribution in [3.63, 3.8) is 0 Å². The molecule has 68 valence electrons. The molecule has 2 nitrogen and oxygen atoms in total. The van der Waals surface area contributed by atoms with Gasteiger partial charge in [0, 0.05) is 31.7 Å². The second-order valence-electron chi connectivity index (χ2n) is 5.18. The van der Waals surface area contributed by atoms with Crippen LogP contribution in [0.3, 0.4) is 0 Å². The number of rotatable bonds is 2. The van der Waals surface area contributed by atoms with Gasteiger partial charge in [-0.25, -0.2) is 0 Å². The molecule has 2 heteroatoms. The summed E-state index contributed by atoms with van der Waals surface area (Å²) >= 11 is 0. The largest absolute Gasteiger partial charge is 0.314 e. The first-order valence-electron chi connectivity index (χ1n) is 5.23. The van der Waals surface area contributed by atoms with E-state index < -0.39 is 0 Å². The molecule has 1 aliphatic carbocycles. The van der Waals surface area contributed by atoms with E-state index in [0.717, 1.165) is 12.1 Å². The van der Waals surface area contributed by atoms with Gasteiger partial charge >= 0.3 is 0 Å². The number of piperazine rings is 1. The predicted octanol–water partition coefficient (Wildman–Crippen LogP) is 0.833. The van der Waals surface area contributed by atoms with Crippen molar-refractivity contribution in [3.8, 4) is 0 Å². The Morgan fingerprint density at radius 2 is 2.00 bits per heavy atom. The minimum Gasteiger partial charge on any atom is -0.314 e. The maximum absolute atomic E-state index is 3.48. The van der Waals surface area contributed by atoms with E-state index in [2.05, 4.69) is 17.1 Å². The first-order chi connectivity index (χ1) is 5.77. The predicted molar refractivity (Wildman–Crippen MR) is 49.1 cm³/mol. The molecule has 0 radical (unpaired) electrons. The molecule has 12 heavy (non-hydrogen) atoms. The van der Waals surface area contributed by atoms with Crippen LogP contribution in [0, 0.1) is 5.41 Å². The fourth-order valence-corrected chi connectivity index (χ4v) is 2.63. The zero-order valence-corrected chi connectivity index (χ0v) is 7.84. The highest BCUT2D eigenvalue weighted by atomic mass is 15.3. The Kier molecular flexibility index (Phi) is 1.37. The molecule has 0 aromatic heterocycles. The lowest BCUT2D eigenvalue weighted by Gasteiger charge is -2.54. The van der Waals surface area contributed by atoms with Crippen LogP contribution < -0.4 is 5.32 Å². The Labute approximate surface area is 74.3 Å². The van der Waals surface area contributed by atoms with Gasteiger partial charge < -0.3 is 5.32 Å². The molecule has 2 heterocycles. The molecule has 2 atom stereocenters. The van der Waals surface area contributed by atoms with Gasteiger partial charge in [-0.05, 0) is 24.7 Å². The summed E-state index contributed by atoms with van der Waals surface area (Å²) in [7, 11) is 0. The van der Waals surface area contributed by atoms with Gasteiger partial charge in [-0.2, -0.15) is 0 Å². The van der Waals surface area contributed by atoms with E-state index >= 15 is 0 Å². The van der Waals surface area contributed by atoms with Crippen LogP contribution in [-0.2, 0) is 0 Å². The number of nitrogens with zero attached hydrogens (tertiary/aromatic N) is 1. The maximum Gasteiger partial charge on any atom is 0.0239 e. The summed E-state index contributed by atoms with van der Waals surface area (Å²) in [6.07, 6.45) is 4.40. The molecular weight excluding hydrogens is 148 g/mol. The normalized spacial score (nSPS) is 43.8. The van der Waals surface area contributed by atoms with Gasteiger partial charge in [0.25, 0.3) is 0 Å². The van der Waals surface area contributed by atoms with Gasteiger partial charge in [0.05, 0.1) is 0 Å². The van der Waals surface area contributed by atoms with E-state index in [1.807, 2.05) is 0 Å². The number of hydrogen-bond donors (Lipinski definition) is 1. The number of piperidine rings is 1. The average molecular weight is 166 g/mol. The van der Waals surface area contributed by atoms with Crippen molar-refractivity contribution >= 4 is 0 Å². The van der Waals surface area contributed by atoms with Gasteiger partial charge in [0.15, 0.2) is 0 Å². The summed E-state index contributed by atoms with van der Waals surface area (Å²) in [6.45, 7) is 6.30.